The minimum atomic E-state index is 0.195. The zero-order valence-electron chi connectivity index (χ0n) is 8.97. The van der Waals surface area contributed by atoms with Crippen molar-refractivity contribution in [1.29, 1.82) is 0 Å². The lowest BCUT2D eigenvalue weighted by Gasteiger charge is -2.04. The van der Waals surface area contributed by atoms with Crippen LogP contribution in [0.25, 0.3) is 0 Å². The van der Waals surface area contributed by atoms with Gasteiger partial charge in [0.25, 0.3) is 0 Å². The van der Waals surface area contributed by atoms with Crippen molar-refractivity contribution >= 4 is 23.2 Å². The van der Waals surface area contributed by atoms with Gasteiger partial charge in [-0.2, -0.15) is 9.89 Å². The number of anilines is 2. The monoisotopic (exact) mass is 250 g/mol. The van der Waals surface area contributed by atoms with E-state index in [0.717, 1.165) is 5.69 Å². The lowest BCUT2D eigenvalue weighted by Crippen LogP contribution is -2.13. The van der Waals surface area contributed by atoms with Crippen molar-refractivity contribution in [2.75, 3.05) is 11.2 Å². The Labute approximate surface area is 103 Å². The molecule has 0 spiro atoms. The average Bonchev–Trinajstić information content (AvgIpc) is 3.06. The first-order valence-electron chi connectivity index (χ1n) is 5.33. The van der Waals surface area contributed by atoms with E-state index in [1.807, 2.05) is 6.07 Å². The molecule has 0 atom stereocenters. The largest absolute Gasteiger partial charge is 0.323 e. The van der Waals surface area contributed by atoms with Gasteiger partial charge in [0.1, 0.15) is 5.82 Å². The van der Waals surface area contributed by atoms with Crippen molar-refractivity contribution in [3.63, 3.8) is 0 Å². The normalized spacial score (nSPS) is 14.9. The molecule has 17 heavy (non-hydrogen) atoms. The second-order valence-corrected chi connectivity index (χ2v) is 4.35. The number of nitrogens with two attached hydrogens (primary N) is 1. The number of nitrogens with one attached hydrogen (secondary N) is 1. The SMILES string of the molecule is Nn1nc(C2CC2)cc1Nc1ccnc(Cl)n1. The summed E-state index contributed by atoms with van der Waals surface area (Å²) in [5.41, 5.74) is 1.02. The molecule has 1 aliphatic carbocycles. The number of nitrogens with zero attached hydrogens (tertiary/aromatic N) is 4. The maximum absolute atomic E-state index is 5.76. The van der Waals surface area contributed by atoms with E-state index in [-0.39, 0.29) is 5.28 Å². The summed E-state index contributed by atoms with van der Waals surface area (Å²) in [4.78, 5) is 9.16. The van der Waals surface area contributed by atoms with Gasteiger partial charge in [0.05, 0.1) is 5.69 Å². The van der Waals surface area contributed by atoms with Crippen LogP contribution in [0.3, 0.4) is 0 Å². The van der Waals surface area contributed by atoms with Gasteiger partial charge in [0.15, 0.2) is 5.82 Å². The van der Waals surface area contributed by atoms with E-state index < -0.39 is 0 Å². The molecule has 2 aromatic heterocycles. The zero-order chi connectivity index (χ0) is 11.8. The van der Waals surface area contributed by atoms with Crippen molar-refractivity contribution in [2.24, 2.45) is 0 Å². The average molecular weight is 251 g/mol. The zero-order valence-corrected chi connectivity index (χ0v) is 9.72. The third-order valence-electron chi connectivity index (χ3n) is 2.63. The van der Waals surface area contributed by atoms with Gasteiger partial charge in [0.2, 0.25) is 5.28 Å². The highest BCUT2D eigenvalue weighted by atomic mass is 35.5. The van der Waals surface area contributed by atoms with Crippen LogP contribution in [0.5, 0.6) is 0 Å². The van der Waals surface area contributed by atoms with E-state index >= 15 is 0 Å². The van der Waals surface area contributed by atoms with Crippen LogP contribution in [0.4, 0.5) is 11.6 Å². The van der Waals surface area contributed by atoms with Gasteiger partial charge in [-0.15, -0.1) is 0 Å². The standard InChI is InChI=1S/C10H11ClN6/c11-10-13-4-3-8(15-10)14-9-5-7(6-1-2-6)16-17(9)12/h3-6H,1-2,12H2,(H,13,14,15). The van der Waals surface area contributed by atoms with Gasteiger partial charge >= 0.3 is 0 Å². The quantitative estimate of drug-likeness (QED) is 0.640. The summed E-state index contributed by atoms with van der Waals surface area (Å²) in [6.45, 7) is 0. The molecule has 2 heterocycles. The van der Waals surface area contributed by atoms with Gasteiger partial charge in [-0.3, -0.25) is 0 Å². The first-order chi connectivity index (χ1) is 8.22. The van der Waals surface area contributed by atoms with Crippen LogP contribution in [0.15, 0.2) is 18.3 Å². The Balaban J connectivity index is 1.84. The van der Waals surface area contributed by atoms with E-state index in [9.17, 15) is 0 Å². The summed E-state index contributed by atoms with van der Waals surface area (Å²) in [6.07, 6.45) is 3.96. The Morgan fingerprint density at radius 3 is 3.00 bits per heavy atom. The molecule has 1 saturated carbocycles. The summed E-state index contributed by atoms with van der Waals surface area (Å²) in [7, 11) is 0. The molecular formula is C10H11ClN6. The van der Waals surface area contributed by atoms with Crippen LogP contribution in [0, 0.1) is 0 Å². The number of hydrogen-bond donors (Lipinski definition) is 2. The van der Waals surface area contributed by atoms with E-state index in [2.05, 4.69) is 20.4 Å². The third-order valence-corrected chi connectivity index (χ3v) is 2.81. The van der Waals surface area contributed by atoms with Gasteiger partial charge < -0.3 is 11.2 Å². The lowest BCUT2D eigenvalue weighted by atomic mass is 10.3. The van der Waals surface area contributed by atoms with E-state index in [1.54, 1.807) is 12.3 Å². The molecule has 0 radical (unpaired) electrons. The fourth-order valence-corrected chi connectivity index (χ4v) is 1.77. The highest BCUT2D eigenvalue weighted by Crippen LogP contribution is 2.39. The summed E-state index contributed by atoms with van der Waals surface area (Å²) in [5, 5.41) is 7.50. The minimum absolute atomic E-state index is 0.195. The van der Waals surface area contributed by atoms with Crippen LogP contribution in [0.1, 0.15) is 24.5 Å². The van der Waals surface area contributed by atoms with Gasteiger partial charge in [-0.05, 0) is 30.5 Å². The topological polar surface area (TPSA) is 81.7 Å². The molecule has 0 aliphatic heterocycles. The lowest BCUT2D eigenvalue weighted by molar-refractivity contribution is 0.804. The van der Waals surface area contributed by atoms with Gasteiger partial charge in [-0.25, -0.2) is 9.97 Å². The molecule has 0 unspecified atom stereocenters. The van der Waals surface area contributed by atoms with Crippen molar-refractivity contribution in [2.45, 2.75) is 18.8 Å². The summed E-state index contributed by atoms with van der Waals surface area (Å²) in [6, 6.07) is 3.66. The van der Waals surface area contributed by atoms with E-state index in [1.165, 1.54) is 17.6 Å². The molecule has 0 aromatic carbocycles. The molecule has 0 saturated heterocycles. The van der Waals surface area contributed by atoms with Crippen LogP contribution < -0.4 is 11.2 Å². The Morgan fingerprint density at radius 1 is 1.47 bits per heavy atom. The van der Waals surface area contributed by atoms with Crippen molar-refractivity contribution in [1.82, 2.24) is 19.9 Å². The predicted octanol–water partition coefficient (Wildman–Crippen LogP) is 1.66. The fourth-order valence-electron chi connectivity index (χ4n) is 1.62. The number of aromatic nitrogens is 4. The van der Waals surface area contributed by atoms with Crippen LogP contribution in [-0.2, 0) is 0 Å². The first kappa shape index (κ1) is 10.3. The molecule has 3 rings (SSSR count). The molecule has 3 N–H and O–H groups in total. The maximum Gasteiger partial charge on any atom is 0.224 e. The molecule has 6 nitrogen and oxygen atoms in total. The maximum atomic E-state index is 5.76. The number of nitrogen functional groups attached to an aromatic ring is 1. The summed E-state index contributed by atoms with van der Waals surface area (Å²) >= 11 is 5.70. The highest BCUT2D eigenvalue weighted by Gasteiger charge is 2.27. The summed E-state index contributed by atoms with van der Waals surface area (Å²) < 4.78 is 0. The van der Waals surface area contributed by atoms with Crippen LogP contribution in [-0.4, -0.2) is 19.9 Å². The fraction of sp³-hybridized carbons (Fsp3) is 0.300. The molecule has 1 fully saturated rings. The number of hydrogen-bond acceptors (Lipinski definition) is 5. The van der Waals surface area contributed by atoms with Crippen LogP contribution in [0.2, 0.25) is 5.28 Å². The number of halogens is 1. The Kier molecular flexibility index (Phi) is 2.36. The Morgan fingerprint density at radius 2 is 2.29 bits per heavy atom. The van der Waals surface area contributed by atoms with Crippen molar-refractivity contribution < 1.29 is 0 Å². The second kappa shape index (κ2) is 3.89. The molecule has 0 amide bonds. The third kappa shape index (κ3) is 2.16. The van der Waals surface area contributed by atoms with Gasteiger partial charge in [-0.1, -0.05) is 0 Å². The summed E-state index contributed by atoms with van der Waals surface area (Å²) in [5.74, 6) is 7.62. The molecular weight excluding hydrogens is 240 g/mol. The Bertz CT molecular complexity index is 547. The Hall–Kier alpha value is -1.82. The van der Waals surface area contributed by atoms with Crippen molar-refractivity contribution in [3.05, 3.63) is 29.3 Å². The molecule has 88 valence electrons. The van der Waals surface area contributed by atoms with Gasteiger partial charge in [0, 0.05) is 18.2 Å². The smallest absolute Gasteiger partial charge is 0.224 e. The molecule has 0 bridgehead atoms. The molecule has 2 aromatic rings. The molecule has 1 aliphatic rings. The van der Waals surface area contributed by atoms with E-state index in [0.29, 0.717) is 17.6 Å². The van der Waals surface area contributed by atoms with Crippen LogP contribution >= 0.6 is 11.6 Å². The second-order valence-electron chi connectivity index (χ2n) is 4.01. The van der Waals surface area contributed by atoms with Crippen molar-refractivity contribution in [3.8, 4) is 0 Å². The highest BCUT2D eigenvalue weighted by molar-refractivity contribution is 6.28. The molecule has 7 heteroatoms. The number of rotatable bonds is 3. The minimum Gasteiger partial charge on any atom is -0.323 e. The first-order valence-corrected chi connectivity index (χ1v) is 5.71. The predicted molar refractivity (Wildman–Crippen MR) is 64.7 cm³/mol. The van der Waals surface area contributed by atoms with E-state index in [4.69, 9.17) is 17.4 Å².